The molecule has 4 heteroatoms. The van der Waals surface area contributed by atoms with Crippen molar-refractivity contribution < 1.29 is 19.0 Å². The van der Waals surface area contributed by atoms with Gasteiger partial charge in [0.1, 0.15) is 5.76 Å². The Morgan fingerprint density at radius 3 is 2.21 bits per heavy atom. The second-order valence-corrected chi connectivity index (χ2v) is 8.41. The number of rotatable bonds is 2. The Labute approximate surface area is 164 Å². The van der Waals surface area contributed by atoms with Gasteiger partial charge in [-0.05, 0) is 28.3 Å². The molecule has 4 bridgehead atoms. The predicted octanol–water partition coefficient (Wildman–Crippen LogP) is 3.34. The molecule has 0 aromatic heterocycles. The highest BCUT2D eigenvalue weighted by molar-refractivity contribution is 5.96. The number of ether oxygens (including phenoxy) is 3. The molecule has 9 rings (SSSR count). The number of benzene rings is 2. The number of carbonyl (C=O) groups is 1. The molecule has 0 radical (unpaired) electrons. The van der Waals surface area contributed by atoms with Gasteiger partial charge in [0, 0.05) is 18.9 Å². The topological polar surface area (TPSA) is 44.8 Å². The lowest BCUT2D eigenvalue weighted by Gasteiger charge is -2.58. The Morgan fingerprint density at radius 1 is 0.964 bits per heavy atom. The summed E-state index contributed by atoms with van der Waals surface area (Å²) >= 11 is 0. The fraction of sp³-hybridized carbons (Fsp3) is 0.375. The molecule has 2 spiro atoms. The zero-order chi connectivity index (χ0) is 19.1. The minimum atomic E-state index is -1.15. The van der Waals surface area contributed by atoms with Crippen LogP contribution in [-0.2, 0) is 24.4 Å². The van der Waals surface area contributed by atoms with Gasteiger partial charge >= 0.3 is 0 Å². The van der Waals surface area contributed by atoms with Crippen LogP contribution >= 0.6 is 0 Å². The molecule has 1 saturated heterocycles. The van der Waals surface area contributed by atoms with E-state index in [1.165, 1.54) is 11.1 Å². The lowest BCUT2D eigenvalue weighted by Crippen LogP contribution is -2.63. The largest absolute Gasteiger partial charge is 0.498 e. The summed E-state index contributed by atoms with van der Waals surface area (Å²) in [4.78, 5) is 13.8. The van der Waals surface area contributed by atoms with Crippen molar-refractivity contribution in [2.24, 2.45) is 5.41 Å². The number of hydrogen-bond donors (Lipinski definition) is 0. The number of methoxy groups -OCH3 is 2. The van der Waals surface area contributed by atoms with Crippen molar-refractivity contribution >= 4 is 5.78 Å². The van der Waals surface area contributed by atoms with Gasteiger partial charge < -0.3 is 14.2 Å². The molecule has 2 aromatic rings. The van der Waals surface area contributed by atoms with E-state index in [2.05, 4.69) is 54.6 Å². The van der Waals surface area contributed by atoms with Gasteiger partial charge in [0.15, 0.2) is 11.4 Å². The van der Waals surface area contributed by atoms with E-state index in [1.54, 1.807) is 14.2 Å². The summed E-state index contributed by atoms with van der Waals surface area (Å²) in [6.07, 6.45) is 2.55. The summed E-state index contributed by atoms with van der Waals surface area (Å²) in [7, 11) is 3.27. The van der Waals surface area contributed by atoms with E-state index >= 15 is 0 Å². The molecule has 7 aliphatic rings. The van der Waals surface area contributed by atoms with Gasteiger partial charge in [0.05, 0.1) is 31.7 Å². The van der Waals surface area contributed by atoms with Crippen LogP contribution in [-0.4, -0.2) is 38.8 Å². The second-order valence-electron chi connectivity index (χ2n) is 8.41. The molecule has 2 aromatic carbocycles. The van der Waals surface area contributed by atoms with Crippen molar-refractivity contribution in [3.8, 4) is 0 Å². The molecule has 4 nitrogen and oxygen atoms in total. The molecule has 0 amide bonds. The minimum absolute atomic E-state index is 0.0817. The van der Waals surface area contributed by atoms with Crippen molar-refractivity contribution in [1.82, 2.24) is 0 Å². The summed E-state index contributed by atoms with van der Waals surface area (Å²) in [5.74, 6) is 0.460. The monoisotopic (exact) mass is 374 g/mol. The molecule has 1 fully saturated rings. The van der Waals surface area contributed by atoms with Gasteiger partial charge in [0.25, 0.3) is 0 Å². The first-order chi connectivity index (χ1) is 13.6. The van der Waals surface area contributed by atoms with Gasteiger partial charge in [-0.15, -0.1) is 0 Å². The first kappa shape index (κ1) is 16.5. The number of carbonyl (C=O) groups excluding carboxylic acids is 1. The molecule has 2 unspecified atom stereocenters. The number of hydrogen-bond acceptors (Lipinski definition) is 4. The summed E-state index contributed by atoms with van der Waals surface area (Å²) in [5.41, 5.74) is 2.79. The van der Waals surface area contributed by atoms with Crippen molar-refractivity contribution in [3.63, 3.8) is 0 Å². The molecule has 0 saturated carbocycles. The molecular weight excluding hydrogens is 352 g/mol. The molecule has 1 aliphatic heterocycles. The van der Waals surface area contributed by atoms with Crippen LogP contribution in [0, 0.1) is 5.41 Å². The van der Waals surface area contributed by atoms with Gasteiger partial charge in [-0.1, -0.05) is 48.5 Å². The highest BCUT2D eigenvalue weighted by Crippen LogP contribution is 2.67. The maximum atomic E-state index is 13.8. The molecule has 28 heavy (non-hydrogen) atoms. The van der Waals surface area contributed by atoms with E-state index in [0.29, 0.717) is 25.4 Å². The summed E-state index contributed by atoms with van der Waals surface area (Å²) < 4.78 is 18.2. The van der Waals surface area contributed by atoms with E-state index in [0.717, 1.165) is 11.1 Å². The summed E-state index contributed by atoms with van der Waals surface area (Å²) in [5, 5.41) is 0. The standard InChI is InChI=1S/C24H22O4/c1-26-20-12-22-11-19(25)24(20,27-2)21-15-7-3-5-9-17(15)23(22,14-28-13-22)18-10-6-4-8-16(18)21/h3-10,12,21H,11,13-14H2,1-2H3. The lowest BCUT2D eigenvalue weighted by atomic mass is 9.45. The quantitative estimate of drug-likeness (QED) is 0.809. The van der Waals surface area contributed by atoms with Gasteiger partial charge in [-0.2, -0.15) is 0 Å². The molecule has 1 heterocycles. The fourth-order valence-electron chi connectivity index (χ4n) is 6.55. The Morgan fingerprint density at radius 2 is 1.61 bits per heavy atom. The smallest absolute Gasteiger partial charge is 0.193 e. The van der Waals surface area contributed by atoms with Crippen LogP contribution < -0.4 is 0 Å². The summed E-state index contributed by atoms with van der Waals surface area (Å²) in [6.45, 7) is 1.06. The van der Waals surface area contributed by atoms with Crippen LogP contribution in [0.1, 0.15) is 34.6 Å². The Kier molecular flexibility index (Phi) is 3.03. The lowest BCUT2D eigenvalue weighted by molar-refractivity contribution is -0.149. The van der Waals surface area contributed by atoms with E-state index in [-0.39, 0.29) is 11.7 Å². The van der Waals surface area contributed by atoms with Gasteiger partial charge in [0.2, 0.25) is 0 Å². The van der Waals surface area contributed by atoms with Crippen molar-refractivity contribution in [1.29, 1.82) is 0 Å². The van der Waals surface area contributed by atoms with Crippen LogP contribution in [0.4, 0.5) is 0 Å². The van der Waals surface area contributed by atoms with Gasteiger partial charge in [-0.25, -0.2) is 0 Å². The zero-order valence-electron chi connectivity index (χ0n) is 16.0. The normalized spacial score (nSPS) is 36.9. The second kappa shape index (κ2) is 5.13. The van der Waals surface area contributed by atoms with Crippen LogP contribution in [0.25, 0.3) is 0 Å². The maximum Gasteiger partial charge on any atom is 0.193 e. The van der Waals surface area contributed by atoms with E-state index in [4.69, 9.17) is 14.2 Å². The third-order valence-electron chi connectivity index (χ3n) is 7.60. The molecular formula is C24H22O4. The van der Waals surface area contributed by atoms with Crippen molar-refractivity contribution in [2.45, 2.75) is 23.4 Å². The average Bonchev–Trinajstić information content (AvgIpc) is 3.05. The van der Waals surface area contributed by atoms with Crippen LogP contribution in [0.3, 0.4) is 0 Å². The van der Waals surface area contributed by atoms with Crippen LogP contribution in [0.15, 0.2) is 60.4 Å². The first-order valence-corrected chi connectivity index (χ1v) is 9.77. The van der Waals surface area contributed by atoms with Crippen molar-refractivity contribution in [3.05, 3.63) is 82.6 Å². The Bertz CT molecular complexity index is 1010. The first-order valence-electron chi connectivity index (χ1n) is 9.77. The molecule has 2 atom stereocenters. The molecule has 0 N–H and O–H groups in total. The van der Waals surface area contributed by atoms with E-state index < -0.39 is 16.4 Å². The number of ketones is 1. The van der Waals surface area contributed by atoms with Gasteiger partial charge in [-0.3, -0.25) is 4.79 Å². The van der Waals surface area contributed by atoms with Crippen molar-refractivity contribution in [2.75, 3.05) is 27.4 Å². The Balaban J connectivity index is 1.87. The van der Waals surface area contributed by atoms with E-state index in [9.17, 15) is 4.79 Å². The van der Waals surface area contributed by atoms with Crippen LogP contribution in [0.2, 0.25) is 0 Å². The highest BCUT2D eigenvalue weighted by Gasteiger charge is 2.71. The maximum absolute atomic E-state index is 13.8. The number of Topliss-reactive ketones (excluding diaryl/α,β-unsaturated/α-hetero) is 1. The fourth-order valence-corrected chi connectivity index (χ4v) is 6.55. The highest BCUT2D eigenvalue weighted by atomic mass is 16.5. The Hall–Kier alpha value is -2.43. The molecule has 142 valence electrons. The predicted molar refractivity (Wildman–Crippen MR) is 103 cm³/mol. The summed E-state index contributed by atoms with van der Waals surface area (Å²) in [6, 6.07) is 17.0. The van der Waals surface area contributed by atoms with E-state index in [1.807, 2.05) is 0 Å². The minimum Gasteiger partial charge on any atom is -0.498 e. The zero-order valence-corrected chi connectivity index (χ0v) is 16.0. The van der Waals surface area contributed by atoms with Crippen LogP contribution in [0.5, 0.6) is 0 Å². The molecule has 6 aliphatic carbocycles. The third-order valence-corrected chi connectivity index (χ3v) is 7.60. The SMILES string of the molecule is COC1=CC23COCC24c2ccccc2C(c2ccccc24)C1(OC)C(=O)C3. The third kappa shape index (κ3) is 1.50. The average molecular weight is 374 g/mol.